The van der Waals surface area contributed by atoms with Crippen molar-refractivity contribution in [1.29, 1.82) is 0 Å². The molecule has 1 saturated heterocycles. The van der Waals surface area contributed by atoms with Crippen LogP contribution in [-0.2, 0) is 4.79 Å². The van der Waals surface area contributed by atoms with Gasteiger partial charge in [-0.05, 0) is 0 Å². The molecule has 0 aliphatic carbocycles. The molecular formula is C7H9NO. The van der Waals surface area contributed by atoms with Crippen molar-refractivity contribution in [2.75, 3.05) is 6.54 Å². The molecule has 1 unspecified atom stereocenters. The predicted octanol–water partition coefficient (Wildman–Crippen LogP) is 0.390. The topological polar surface area (TPSA) is 29.1 Å². The zero-order valence-electron chi connectivity index (χ0n) is 5.18. The Balaban J connectivity index is 0.000000640. The highest BCUT2D eigenvalue weighted by Crippen LogP contribution is 2.07. The van der Waals surface area contributed by atoms with Gasteiger partial charge in [-0.15, -0.1) is 6.58 Å². The number of hydrogen-bond donors (Lipinski definition) is 1. The van der Waals surface area contributed by atoms with E-state index in [0.29, 0.717) is 12.3 Å². The van der Waals surface area contributed by atoms with E-state index in [9.17, 15) is 4.79 Å². The van der Waals surface area contributed by atoms with Crippen molar-refractivity contribution in [2.24, 2.45) is 5.92 Å². The molecule has 0 aromatic heterocycles. The first kappa shape index (κ1) is 8.21. The van der Waals surface area contributed by atoms with Gasteiger partial charge in [0.2, 0.25) is 5.91 Å². The lowest BCUT2D eigenvalue weighted by atomic mass is 10.1. The Morgan fingerprint density at radius 1 is 1.78 bits per heavy atom. The van der Waals surface area contributed by atoms with Gasteiger partial charge in [-0.1, -0.05) is 6.08 Å². The minimum Gasteiger partial charge on any atom is -0.355 e. The van der Waals surface area contributed by atoms with Gasteiger partial charge >= 0.3 is 0 Å². The number of nitrogens with one attached hydrogen (secondary N) is 1. The Labute approximate surface area is 56.0 Å². The third-order valence-electron chi connectivity index (χ3n) is 1.34. The summed E-state index contributed by atoms with van der Waals surface area (Å²) in [6.07, 6.45) is 2.45. The molecule has 2 nitrogen and oxygen atoms in total. The van der Waals surface area contributed by atoms with E-state index < -0.39 is 0 Å². The highest BCUT2D eigenvalue weighted by molar-refractivity contribution is 5.78. The van der Waals surface area contributed by atoms with Crippen LogP contribution in [0.2, 0.25) is 0 Å². The van der Waals surface area contributed by atoms with Crippen molar-refractivity contribution in [2.45, 2.75) is 6.42 Å². The smallest absolute Gasteiger partial charge is 0.220 e. The van der Waals surface area contributed by atoms with E-state index in [1.54, 1.807) is 0 Å². The third-order valence-corrected chi connectivity index (χ3v) is 1.34. The average molecular weight is 123 g/mol. The van der Waals surface area contributed by atoms with Gasteiger partial charge in [0, 0.05) is 26.3 Å². The number of carbonyl (C=O) groups excluding carboxylic acids is 1. The second kappa shape index (κ2) is 3.28. The molecule has 0 bridgehead atoms. The van der Waals surface area contributed by atoms with Crippen LogP contribution in [0.25, 0.3) is 0 Å². The molecular weight excluding hydrogens is 114 g/mol. The quantitative estimate of drug-likeness (QED) is 0.502. The fourth-order valence-electron chi connectivity index (χ4n) is 0.794. The van der Waals surface area contributed by atoms with E-state index in [-0.39, 0.29) is 13.3 Å². The molecule has 1 aliphatic rings. The molecule has 0 saturated carbocycles. The standard InChI is InChI=1S/C6H9NO.C/c1-2-5-3-6(8)7-4-5;/h2,5H,1,3-4H2,(H,7,8);. The van der Waals surface area contributed by atoms with E-state index in [1.807, 2.05) is 6.08 Å². The molecule has 1 N–H and O–H groups in total. The fraction of sp³-hybridized carbons (Fsp3) is 0.429. The second-order valence-corrected chi connectivity index (χ2v) is 2.00. The Morgan fingerprint density at radius 2 is 2.44 bits per heavy atom. The highest BCUT2D eigenvalue weighted by atomic mass is 16.1. The van der Waals surface area contributed by atoms with Gasteiger partial charge in [0.25, 0.3) is 0 Å². The van der Waals surface area contributed by atoms with Gasteiger partial charge in [0.05, 0.1) is 0 Å². The molecule has 1 heterocycles. The Hall–Kier alpha value is -0.790. The largest absolute Gasteiger partial charge is 0.355 e. The van der Waals surface area contributed by atoms with Crippen molar-refractivity contribution in [3.8, 4) is 0 Å². The van der Waals surface area contributed by atoms with Crippen LogP contribution in [-0.4, -0.2) is 12.5 Å². The first-order valence-corrected chi connectivity index (χ1v) is 2.72. The number of rotatable bonds is 1. The molecule has 1 rings (SSSR count). The van der Waals surface area contributed by atoms with Crippen LogP contribution >= 0.6 is 0 Å². The average Bonchev–Trinajstić information content (AvgIpc) is 2.14. The van der Waals surface area contributed by atoms with Crippen molar-refractivity contribution < 1.29 is 4.79 Å². The minimum atomic E-state index is 0. The van der Waals surface area contributed by atoms with Crippen molar-refractivity contribution >= 4 is 5.91 Å². The third kappa shape index (κ3) is 1.88. The number of carbonyl (C=O) groups is 1. The lowest BCUT2D eigenvalue weighted by Crippen LogP contribution is -2.13. The Bertz CT molecular complexity index is 120. The molecule has 2 heteroatoms. The first-order chi connectivity index (χ1) is 3.83. The molecule has 0 aromatic rings. The van der Waals surface area contributed by atoms with E-state index in [2.05, 4.69) is 11.9 Å². The number of hydrogen-bond acceptors (Lipinski definition) is 1. The Morgan fingerprint density at radius 3 is 2.67 bits per heavy atom. The maximum absolute atomic E-state index is 10.5. The summed E-state index contributed by atoms with van der Waals surface area (Å²) in [6, 6.07) is 0. The summed E-state index contributed by atoms with van der Waals surface area (Å²) in [5.74, 6) is 0.525. The monoisotopic (exact) mass is 123 g/mol. The van der Waals surface area contributed by atoms with Gasteiger partial charge < -0.3 is 5.32 Å². The maximum atomic E-state index is 10.5. The van der Waals surface area contributed by atoms with Crippen LogP contribution in [0.5, 0.6) is 0 Å². The van der Waals surface area contributed by atoms with Crippen LogP contribution in [0.4, 0.5) is 0 Å². The SMILES string of the molecule is C=CC1CNC(=O)C1.[C]. The van der Waals surface area contributed by atoms with Crippen LogP contribution in [0.15, 0.2) is 12.7 Å². The summed E-state index contributed by atoms with van der Waals surface area (Å²) in [6.45, 7) is 4.36. The Kier molecular flexibility index (Phi) is 2.99. The van der Waals surface area contributed by atoms with E-state index in [4.69, 9.17) is 0 Å². The molecule has 9 heavy (non-hydrogen) atoms. The van der Waals surface area contributed by atoms with E-state index in [0.717, 1.165) is 6.54 Å². The molecule has 4 radical (unpaired) electrons. The van der Waals surface area contributed by atoms with Crippen LogP contribution in [0, 0.1) is 13.3 Å². The van der Waals surface area contributed by atoms with Crippen molar-refractivity contribution in [3.63, 3.8) is 0 Å². The zero-order valence-corrected chi connectivity index (χ0v) is 5.18. The minimum absolute atomic E-state index is 0. The van der Waals surface area contributed by atoms with Crippen LogP contribution in [0.3, 0.4) is 0 Å². The van der Waals surface area contributed by atoms with Crippen molar-refractivity contribution in [1.82, 2.24) is 5.32 Å². The highest BCUT2D eigenvalue weighted by Gasteiger charge is 2.17. The summed E-state index contributed by atoms with van der Waals surface area (Å²) >= 11 is 0. The lowest BCUT2D eigenvalue weighted by molar-refractivity contribution is -0.119. The summed E-state index contributed by atoms with van der Waals surface area (Å²) in [5, 5.41) is 2.71. The van der Waals surface area contributed by atoms with Crippen molar-refractivity contribution in [3.05, 3.63) is 20.1 Å². The predicted molar refractivity (Wildman–Crippen MR) is 34.6 cm³/mol. The van der Waals surface area contributed by atoms with Gasteiger partial charge in [-0.25, -0.2) is 0 Å². The fourth-order valence-corrected chi connectivity index (χ4v) is 0.794. The van der Waals surface area contributed by atoms with Gasteiger partial charge in [-0.2, -0.15) is 0 Å². The van der Waals surface area contributed by atoms with Crippen LogP contribution in [0.1, 0.15) is 6.42 Å². The number of amides is 1. The van der Waals surface area contributed by atoms with E-state index >= 15 is 0 Å². The van der Waals surface area contributed by atoms with Gasteiger partial charge in [0.1, 0.15) is 0 Å². The summed E-state index contributed by atoms with van der Waals surface area (Å²) in [5.41, 5.74) is 0. The molecule has 48 valence electrons. The summed E-state index contributed by atoms with van der Waals surface area (Å²) < 4.78 is 0. The maximum Gasteiger partial charge on any atom is 0.220 e. The second-order valence-electron chi connectivity index (χ2n) is 2.00. The van der Waals surface area contributed by atoms with E-state index in [1.165, 1.54) is 0 Å². The van der Waals surface area contributed by atoms with Gasteiger partial charge in [-0.3, -0.25) is 4.79 Å². The molecule has 0 spiro atoms. The first-order valence-electron chi connectivity index (χ1n) is 2.72. The zero-order chi connectivity index (χ0) is 5.98. The molecule has 1 fully saturated rings. The lowest BCUT2D eigenvalue weighted by Gasteiger charge is -1.92. The molecule has 1 amide bonds. The van der Waals surface area contributed by atoms with Gasteiger partial charge in [0.15, 0.2) is 0 Å². The summed E-state index contributed by atoms with van der Waals surface area (Å²) in [4.78, 5) is 10.5. The molecule has 1 atom stereocenters. The normalized spacial score (nSPS) is 24.4. The summed E-state index contributed by atoms with van der Waals surface area (Å²) in [7, 11) is 0. The molecule has 1 aliphatic heterocycles. The van der Waals surface area contributed by atoms with Crippen LogP contribution < -0.4 is 5.32 Å². The molecule has 0 aromatic carbocycles.